The highest BCUT2D eigenvalue weighted by Gasteiger charge is 2.22. The van der Waals surface area contributed by atoms with Gasteiger partial charge in [0.15, 0.2) is 0 Å². The van der Waals surface area contributed by atoms with E-state index in [9.17, 15) is 4.79 Å². The molecule has 33 heavy (non-hydrogen) atoms. The van der Waals surface area contributed by atoms with Gasteiger partial charge in [0.1, 0.15) is 5.75 Å². The Morgan fingerprint density at radius 1 is 1.15 bits per heavy atom. The van der Waals surface area contributed by atoms with Crippen molar-refractivity contribution >= 4 is 40.6 Å². The number of nitrogens with one attached hydrogen (secondary N) is 1. The predicted molar refractivity (Wildman–Crippen MR) is 131 cm³/mol. The van der Waals surface area contributed by atoms with E-state index in [0.29, 0.717) is 33.1 Å². The van der Waals surface area contributed by atoms with E-state index in [2.05, 4.69) is 32.2 Å². The highest BCUT2D eigenvalue weighted by molar-refractivity contribution is 7.99. The molecule has 1 amide bonds. The van der Waals surface area contributed by atoms with E-state index >= 15 is 0 Å². The molecular weight excluding hydrogens is 462 g/mol. The molecule has 3 aromatic rings. The van der Waals surface area contributed by atoms with Crippen LogP contribution < -0.4 is 15.0 Å². The summed E-state index contributed by atoms with van der Waals surface area (Å²) in [6, 6.07) is 13.0. The number of piperazine rings is 1. The number of rotatable bonds is 8. The Kier molecular flexibility index (Phi) is 7.74. The monoisotopic (exact) mass is 487 g/mol. The number of carbonyl (C=O) groups excluding carboxylic acids is 1. The smallest absolute Gasteiger partial charge is 0.277 e. The first-order valence-electron chi connectivity index (χ1n) is 10.7. The lowest BCUT2D eigenvalue weighted by atomic mass is 10.2. The first-order chi connectivity index (χ1) is 16.1. The van der Waals surface area contributed by atoms with Gasteiger partial charge in [-0.25, -0.2) is 0 Å². The molecule has 1 aromatic heterocycles. The number of anilines is 2. The first-order valence-corrected chi connectivity index (χ1v) is 12.1. The Bertz CT molecular complexity index is 1100. The van der Waals surface area contributed by atoms with Crippen molar-refractivity contribution in [2.45, 2.75) is 12.1 Å². The lowest BCUT2D eigenvalue weighted by Gasteiger charge is -2.36. The molecule has 0 unspecified atom stereocenters. The predicted octanol–water partition coefficient (Wildman–Crippen LogP) is 4.27. The molecule has 10 heteroatoms. The summed E-state index contributed by atoms with van der Waals surface area (Å²) in [4.78, 5) is 17.3. The molecule has 0 spiro atoms. The zero-order valence-corrected chi connectivity index (χ0v) is 20.2. The van der Waals surface area contributed by atoms with E-state index in [0.717, 1.165) is 38.4 Å². The van der Waals surface area contributed by atoms with Crippen molar-refractivity contribution < 1.29 is 13.9 Å². The van der Waals surface area contributed by atoms with Crippen molar-refractivity contribution in [2.24, 2.45) is 0 Å². The number of carbonyl (C=O) groups is 1. The Morgan fingerprint density at radius 2 is 1.94 bits per heavy atom. The standard InChI is InChI=1S/C23H26ClN5O3S/c1-3-28-11-13-29(14-12-28)21-17(24)8-6-9-18(21)25-20(30)15-33-23-27-26-22(32-23)16-7-4-5-10-19(16)31-2/h4-10H,3,11-15H2,1-2H3,(H,25,30). The molecule has 2 heterocycles. The maximum atomic E-state index is 12.7. The molecule has 1 saturated heterocycles. The minimum absolute atomic E-state index is 0.128. The largest absolute Gasteiger partial charge is 0.496 e. The molecule has 8 nitrogen and oxygen atoms in total. The third-order valence-corrected chi connectivity index (χ3v) is 6.59. The van der Waals surface area contributed by atoms with Gasteiger partial charge in [-0.05, 0) is 30.8 Å². The van der Waals surface area contributed by atoms with Crippen molar-refractivity contribution in [3.63, 3.8) is 0 Å². The van der Waals surface area contributed by atoms with E-state index in [-0.39, 0.29) is 11.7 Å². The van der Waals surface area contributed by atoms with E-state index in [4.69, 9.17) is 20.8 Å². The highest BCUT2D eigenvalue weighted by atomic mass is 35.5. The van der Waals surface area contributed by atoms with Crippen molar-refractivity contribution in [3.8, 4) is 17.2 Å². The molecule has 0 aliphatic carbocycles. The number of ether oxygens (including phenoxy) is 1. The summed E-state index contributed by atoms with van der Waals surface area (Å²) in [6.45, 7) is 6.86. The van der Waals surface area contributed by atoms with Crippen LogP contribution in [0.4, 0.5) is 11.4 Å². The number of likely N-dealkylation sites (N-methyl/N-ethyl adjacent to an activating group) is 1. The van der Waals surface area contributed by atoms with Crippen LogP contribution in [0.1, 0.15) is 6.92 Å². The summed E-state index contributed by atoms with van der Waals surface area (Å²) in [7, 11) is 1.59. The van der Waals surface area contributed by atoms with Crippen molar-refractivity contribution in [2.75, 3.05) is 55.8 Å². The molecule has 2 aromatic carbocycles. The number of para-hydroxylation sites is 2. The molecule has 0 bridgehead atoms. The number of methoxy groups -OCH3 is 1. The lowest BCUT2D eigenvalue weighted by molar-refractivity contribution is -0.113. The maximum Gasteiger partial charge on any atom is 0.277 e. The van der Waals surface area contributed by atoms with Crippen LogP contribution in [0.3, 0.4) is 0 Å². The van der Waals surface area contributed by atoms with E-state index in [1.165, 1.54) is 11.8 Å². The number of halogens is 1. The molecule has 0 radical (unpaired) electrons. The average Bonchev–Trinajstić information content (AvgIpc) is 3.32. The fourth-order valence-corrected chi connectivity index (χ4v) is 4.59. The number of nitrogens with zero attached hydrogens (tertiary/aromatic N) is 4. The van der Waals surface area contributed by atoms with E-state index in [1.807, 2.05) is 42.5 Å². The molecule has 0 atom stereocenters. The molecule has 1 aliphatic heterocycles. The molecule has 1 N–H and O–H groups in total. The number of hydrogen-bond donors (Lipinski definition) is 1. The Labute approximate surface area is 202 Å². The Balaban J connectivity index is 1.39. The molecule has 1 fully saturated rings. The van der Waals surface area contributed by atoms with Gasteiger partial charge < -0.3 is 24.3 Å². The van der Waals surface area contributed by atoms with Crippen molar-refractivity contribution in [1.82, 2.24) is 15.1 Å². The summed E-state index contributed by atoms with van der Waals surface area (Å²) in [5.74, 6) is 0.943. The highest BCUT2D eigenvalue weighted by Crippen LogP contribution is 2.35. The summed E-state index contributed by atoms with van der Waals surface area (Å²) in [6.07, 6.45) is 0. The van der Waals surface area contributed by atoms with Crippen LogP contribution in [-0.4, -0.2) is 66.6 Å². The lowest BCUT2D eigenvalue weighted by Crippen LogP contribution is -2.46. The van der Waals surface area contributed by atoms with Crippen LogP contribution in [0.2, 0.25) is 5.02 Å². The summed E-state index contributed by atoms with van der Waals surface area (Å²) in [5.41, 5.74) is 2.28. The van der Waals surface area contributed by atoms with Crippen molar-refractivity contribution in [3.05, 3.63) is 47.5 Å². The van der Waals surface area contributed by atoms with Crippen LogP contribution in [-0.2, 0) is 4.79 Å². The number of benzene rings is 2. The maximum absolute atomic E-state index is 12.7. The van der Waals surface area contributed by atoms with Gasteiger partial charge in [0, 0.05) is 26.2 Å². The third-order valence-electron chi connectivity index (χ3n) is 5.47. The molecular formula is C23H26ClN5O3S. The zero-order valence-electron chi connectivity index (χ0n) is 18.6. The van der Waals surface area contributed by atoms with Gasteiger partial charge in [-0.3, -0.25) is 4.79 Å². The fraction of sp³-hybridized carbons (Fsp3) is 0.348. The SMILES string of the molecule is CCN1CCN(c2c(Cl)cccc2NC(=O)CSc2nnc(-c3ccccc3OC)o2)CC1. The number of aromatic nitrogens is 2. The van der Waals surface area contributed by atoms with Gasteiger partial charge in [0.25, 0.3) is 11.1 Å². The second-order valence-electron chi connectivity index (χ2n) is 7.47. The van der Waals surface area contributed by atoms with E-state index in [1.54, 1.807) is 7.11 Å². The van der Waals surface area contributed by atoms with E-state index < -0.39 is 0 Å². The third kappa shape index (κ3) is 5.61. The molecule has 4 rings (SSSR count). The Hall–Kier alpha value is -2.75. The minimum atomic E-state index is -0.173. The molecule has 0 saturated carbocycles. The Morgan fingerprint density at radius 3 is 2.70 bits per heavy atom. The summed E-state index contributed by atoms with van der Waals surface area (Å²) >= 11 is 7.70. The first kappa shape index (κ1) is 23.4. The quantitative estimate of drug-likeness (QED) is 0.471. The second kappa shape index (κ2) is 10.9. The van der Waals surface area contributed by atoms with Gasteiger partial charge in [-0.15, -0.1) is 10.2 Å². The average molecular weight is 488 g/mol. The summed E-state index contributed by atoms with van der Waals surface area (Å²) < 4.78 is 11.1. The topological polar surface area (TPSA) is 83.7 Å². The minimum Gasteiger partial charge on any atom is -0.496 e. The van der Waals surface area contributed by atoms with Crippen molar-refractivity contribution in [1.29, 1.82) is 0 Å². The van der Waals surface area contributed by atoms with Crippen LogP contribution >= 0.6 is 23.4 Å². The zero-order chi connectivity index (χ0) is 23.2. The number of thioether (sulfide) groups is 1. The molecule has 1 aliphatic rings. The second-order valence-corrected chi connectivity index (χ2v) is 8.80. The van der Waals surface area contributed by atoms with Crippen LogP contribution in [0.5, 0.6) is 5.75 Å². The normalized spacial score (nSPS) is 14.3. The van der Waals surface area contributed by atoms with Gasteiger partial charge in [-0.1, -0.05) is 48.5 Å². The number of amides is 1. The van der Waals surface area contributed by atoms with Gasteiger partial charge in [-0.2, -0.15) is 0 Å². The number of hydrogen-bond acceptors (Lipinski definition) is 8. The van der Waals surface area contributed by atoms with Crippen LogP contribution in [0.15, 0.2) is 52.1 Å². The fourth-order valence-electron chi connectivity index (χ4n) is 3.74. The van der Waals surface area contributed by atoms with Gasteiger partial charge in [0.2, 0.25) is 5.91 Å². The van der Waals surface area contributed by atoms with Crippen LogP contribution in [0, 0.1) is 0 Å². The summed E-state index contributed by atoms with van der Waals surface area (Å²) in [5, 5.41) is 12.1. The van der Waals surface area contributed by atoms with Gasteiger partial charge >= 0.3 is 0 Å². The van der Waals surface area contributed by atoms with Crippen LogP contribution in [0.25, 0.3) is 11.5 Å². The van der Waals surface area contributed by atoms with Gasteiger partial charge in [0.05, 0.1) is 34.8 Å². The molecule has 174 valence electrons.